The Hall–Kier alpha value is -1.66. The molecule has 1 aromatic carbocycles. The Bertz CT molecular complexity index is 560. The maximum Gasteiger partial charge on any atom is 0.223 e. The Balaban J connectivity index is 1.54. The first-order valence-electron chi connectivity index (χ1n) is 8.90. The minimum absolute atomic E-state index is 0.151. The van der Waals surface area contributed by atoms with Crippen molar-refractivity contribution in [2.45, 2.75) is 25.3 Å². The minimum Gasteiger partial charge on any atom is -0.367 e. The lowest BCUT2D eigenvalue weighted by Gasteiger charge is -2.44. The number of piperidine rings is 1. The molecule has 2 aliphatic rings. The standard InChI is InChI=1S/C18H27FN4O/c19-16-5-1-2-6-17(16)22-12-10-21(11-13-22)15-4-3-9-23(14-15)18(24)7-8-20/h1-2,5-6,15H,3-4,7-14,20H2/t15-/m1/s1. The van der Waals surface area contributed by atoms with Crippen molar-refractivity contribution in [2.75, 3.05) is 50.7 Å². The topological polar surface area (TPSA) is 52.8 Å². The zero-order valence-corrected chi connectivity index (χ0v) is 14.2. The molecule has 0 aromatic heterocycles. The van der Waals surface area contributed by atoms with Crippen LogP contribution in [-0.4, -0.2) is 67.6 Å². The van der Waals surface area contributed by atoms with Crippen LogP contribution < -0.4 is 10.6 Å². The van der Waals surface area contributed by atoms with Gasteiger partial charge in [0.05, 0.1) is 5.69 Å². The number of benzene rings is 1. The summed E-state index contributed by atoms with van der Waals surface area (Å²) in [7, 11) is 0. The predicted molar refractivity (Wildman–Crippen MR) is 93.5 cm³/mol. The normalized spacial score (nSPS) is 22.7. The van der Waals surface area contributed by atoms with Gasteiger partial charge in [-0.1, -0.05) is 12.1 Å². The summed E-state index contributed by atoms with van der Waals surface area (Å²) in [5, 5.41) is 0. The van der Waals surface area contributed by atoms with Crippen molar-refractivity contribution in [2.24, 2.45) is 5.73 Å². The van der Waals surface area contributed by atoms with Crippen LogP contribution in [0.1, 0.15) is 19.3 Å². The van der Waals surface area contributed by atoms with Crippen molar-refractivity contribution in [3.63, 3.8) is 0 Å². The van der Waals surface area contributed by atoms with Crippen LogP contribution >= 0.6 is 0 Å². The van der Waals surface area contributed by atoms with E-state index in [1.54, 1.807) is 6.07 Å². The Morgan fingerprint density at radius 3 is 2.62 bits per heavy atom. The number of nitrogens with zero attached hydrogens (tertiary/aromatic N) is 3. The number of carbonyl (C=O) groups excluding carboxylic acids is 1. The number of hydrogen-bond donors (Lipinski definition) is 1. The van der Waals surface area contributed by atoms with E-state index in [0.717, 1.165) is 52.1 Å². The highest BCUT2D eigenvalue weighted by Crippen LogP contribution is 2.23. The zero-order chi connectivity index (χ0) is 16.9. The number of rotatable bonds is 4. The second kappa shape index (κ2) is 7.94. The average Bonchev–Trinajstić information content (AvgIpc) is 2.63. The first-order chi connectivity index (χ1) is 11.7. The molecule has 0 aliphatic carbocycles. The Kier molecular flexibility index (Phi) is 5.68. The Labute approximate surface area is 143 Å². The van der Waals surface area contributed by atoms with Crippen LogP contribution in [0, 0.1) is 5.82 Å². The van der Waals surface area contributed by atoms with Crippen LogP contribution in [0.5, 0.6) is 0 Å². The molecule has 0 saturated carbocycles. The smallest absolute Gasteiger partial charge is 0.223 e. The summed E-state index contributed by atoms with van der Waals surface area (Å²) in [6, 6.07) is 7.39. The van der Waals surface area contributed by atoms with Gasteiger partial charge in [0.25, 0.3) is 0 Å². The minimum atomic E-state index is -0.151. The van der Waals surface area contributed by atoms with Crippen molar-refractivity contribution in [1.82, 2.24) is 9.80 Å². The van der Waals surface area contributed by atoms with E-state index in [-0.39, 0.29) is 11.7 Å². The maximum absolute atomic E-state index is 13.9. The van der Waals surface area contributed by atoms with Gasteiger partial charge in [0.15, 0.2) is 0 Å². The first kappa shape index (κ1) is 17.2. The van der Waals surface area contributed by atoms with Gasteiger partial charge >= 0.3 is 0 Å². The van der Waals surface area contributed by atoms with Crippen LogP contribution in [0.15, 0.2) is 24.3 Å². The quantitative estimate of drug-likeness (QED) is 0.901. The summed E-state index contributed by atoms with van der Waals surface area (Å²) in [5.74, 6) is 0.0226. The molecule has 0 bridgehead atoms. The van der Waals surface area contributed by atoms with Gasteiger partial charge in [-0.05, 0) is 25.0 Å². The molecule has 0 unspecified atom stereocenters. The molecular formula is C18H27FN4O. The molecule has 2 saturated heterocycles. The maximum atomic E-state index is 13.9. The van der Waals surface area contributed by atoms with Gasteiger partial charge in [0.2, 0.25) is 5.91 Å². The number of halogens is 1. The third kappa shape index (κ3) is 3.87. The second-order valence-corrected chi connectivity index (χ2v) is 6.65. The van der Waals surface area contributed by atoms with Crippen molar-refractivity contribution < 1.29 is 9.18 Å². The number of amides is 1. The van der Waals surface area contributed by atoms with Gasteiger partial charge in [-0.2, -0.15) is 0 Å². The molecule has 24 heavy (non-hydrogen) atoms. The Morgan fingerprint density at radius 2 is 1.92 bits per heavy atom. The van der Waals surface area contributed by atoms with E-state index in [2.05, 4.69) is 9.80 Å². The third-order valence-electron chi connectivity index (χ3n) is 5.13. The van der Waals surface area contributed by atoms with Gasteiger partial charge < -0.3 is 15.5 Å². The fourth-order valence-electron chi connectivity index (χ4n) is 3.80. The average molecular weight is 334 g/mol. The molecule has 1 aromatic rings. The van der Waals surface area contributed by atoms with E-state index in [4.69, 9.17) is 5.73 Å². The summed E-state index contributed by atoms with van der Waals surface area (Å²) < 4.78 is 13.9. The van der Waals surface area contributed by atoms with Crippen LogP contribution in [-0.2, 0) is 4.79 Å². The van der Waals surface area contributed by atoms with Crippen molar-refractivity contribution >= 4 is 11.6 Å². The van der Waals surface area contributed by atoms with E-state index in [1.165, 1.54) is 6.07 Å². The molecule has 1 atom stereocenters. The lowest BCUT2D eigenvalue weighted by Crippen LogP contribution is -2.56. The lowest BCUT2D eigenvalue weighted by atomic mass is 10.0. The zero-order valence-electron chi connectivity index (χ0n) is 14.2. The SMILES string of the molecule is NCCC(=O)N1CCC[C@@H](N2CCN(c3ccccc3F)CC2)C1. The molecule has 6 heteroatoms. The molecule has 2 heterocycles. The van der Waals surface area contributed by atoms with E-state index < -0.39 is 0 Å². The molecule has 2 aliphatic heterocycles. The summed E-state index contributed by atoms with van der Waals surface area (Å²) in [4.78, 5) is 18.6. The molecule has 2 fully saturated rings. The summed E-state index contributed by atoms with van der Waals surface area (Å²) in [5.41, 5.74) is 6.20. The van der Waals surface area contributed by atoms with E-state index in [9.17, 15) is 9.18 Å². The van der Waals surface area contributed by atoms with Crippen LogP contribution in [0.2, 0.25) is 0 Å². The van der Waals surface area contributed by atoms with Crippen LogP contribution in [0.25, 0.3) is 0 Å². The summed E-state index contributed by atoms with van der Waals surface area (Å²) >= 11 is 0. The largest absolute Gasteiger partial charge is 0.367 e. The van der Waals surface area contributed by atoms with Crippen LogP contribution in [0.4, 0.5) is 10.1 Å². The molecule has 132 valence electrons. The molecule has 1 amide bonds. The lowest BCUT2D eigenvalue weighted by molar-refractivity contribution is -0.133. The number of para-hydroxylation sites is 1. The summed E-state index contributed by atoms with van der Waals surface area (Å²) in [6.07, 6.45) is 2.62. The number of likely N-dealkylation sites (tertiary alicyclic amines) is 1. The highest BCUT2D eigenvalue weighted by molar-refractivity contribution is 5.76. The van der Waals surface area contributed by atoms with Crippen molar-refractivity contribution in [3.8, 4) is 0 Å². The van der Waals surface area contributed by atoms with Gasteiger partial charge in [0.1, 0.15) is 5.82 Å². The molecule has 3 rings (SSSR count). The molecular weight excluding hydrogens is 307 g/mol. The van der Waals surface area contributed by atoms with Crippen molar-refractivity contribution in [1.29, 1.82) is 0 Å². The van der Waals surface area contributed by atoms with Gasteiger partial charge in [0, 0.05) is 58.3 Å². The highest BCUT2D eigenvalue weighted by Gasteiger charge is 2.30. The van der Waals surface area contributed by atoms with E-state index in [0.29, 0.717) is 24.7 Å². The third-order valence-corrected chi connectivity index (χ3v) is 5.13. The molecule has 5 nitrogen and oxygen atoms in total. The predicted octanol–water partition coefficient (Wildman–Crippen LogP) is 1.29. The number of anilines is 1. The monoisotopic (exact) mass is 334 g/mol. The number of carbonyl (C=O) groups is 1. The first-order valence-corrected chi connectivity index (χ1v) is 8.90. The van der Waals surface area contributed by atoms with Gasteiger partial charge in [-0.15, -0.1) is 0 Å². The Morgan fingerprint density at radius 1 is 1.17 bits per heavy atom. The molecule has 2 N–H and O–H groups in total. The second-order valence-electron chi connectivity index (χ2n) is 6.65. The molecule has 0 radical (unpaired) electrons. The van der Waals surface area contributed by atoms with Gasteiger partial charge in [-0.25, -0.2) is 4.39 Å². The fourth-order valence-corrected chi connectivity index (χ4v) is 3.80. The van der Waals surface area contributed by atoms with E-state index in [1.807, 2.05) is 17.0 Å². The number of piperazine rings is 1. The summed E-state index contributed by atoms with van der Waals surface area (Å²) in [6.45, 7) is 5.56. The number of nitrogens with two attached hydrogens (primary N) is 1. The number of hydrogen-bond acceptors (Lipinski definition) is 4. The highest BCUT2D eigenvalue weighted by atomic mass is 19.1. The van der Waals surface area contributed by atoms with Gasteiger partial charge in [-0.3, -0.25) is 9.69 Å². The fraction of sp³-hybridized carbons (Fsp3) is 0.611. The van der Waals surface area contributed by atoms with Crippen molar-refractivity contribution in [3.05, 3.63) is 30.1 Å². The van der Waals surface area contributed by atoms with E-state index >= 15 is 0 Å². The van der Waals surface area contributed by atoms with Crippen LogP contribution in [0.3, 0.4) is 0 Å². The molecule has 0 spiro atoms.